The van der Waals surface area contributed by atoms with E-state index in [9.17, 15) is 19.7 Å². The lowest BCUT2D eigenvalue weighted by Gasteiger charge is -2.14. The summed E-state index contributed by atoms with van der Waals surface area (Å²) in [4.78, 5) is 35.0. The summed E-state index contributed by atoms with van der Waals surface area (Å²) in [6.07, 6.45) is -1.10. The molecule has 0 radical (unpaired) electrons. The number of aryl methyl sites for hydroxylation is 1. The van der Waals surface area contributed by atoms with Gasteiger partial charge in [-0.15, -0.1) is 0 Å². The van der Waals surface area contributed by atoms with Crippen LogP contribution in [0.5, 0.6) is 0 Å². The minimum atomic E-state index is -1.10. The van der Waals surface area contributed by atoms with Crippen molar-refractivity contribution in [1.82, 2.24) is 4.57 Å². The number of hydrogen-bond donors (Lipinski definition) is 1. The number of rotatable bonds is 6. The van der Waals surface area contributed by atoms with Crippen LogP contribution in [0.25, 0.3) is 0 Å². The maximum absolute atomic E-state index is 12.4. The molecule has 1 N–H and O–H groups in total. The highest BCUT2D eigenvalue weighted by Crippen LogP contribution is 2.23. The first kappa shape index (κ1) is 19.2. The standard InChI is InChI=1S/C18H21N3O5/c1-5-20-11(2)10-14(12(20)3)18(23)26-13(4)17(22)19-15-8-6-7-9-16(15)21(24)25/h6-10,13H,5H2,1-4H3,(H,19,22)/t13-/m0/s1. The van der Waals surface area contributed by atoms with Gasteiger partial charge in [0.05, 0.1) is 10.5 Å². The molecule has 8 nitrogen and oxygen atoms in total. The third kappa shape index (κ3) is 3.90. The van der Waals surface area contributed by atoms with Crippen LogP contribution >= 0.6 is 0 Å². The SMILES string of the molecule is CCn1c(C)cc(C(=O)O[C@@H](C)C(=O)Nc2ccccc2[N+](=O)[O-])c1C. The lowest BCUT2D eigenvalue weighted by atomic mass is 10.2. The van der Waals surface area contributed by atoms with Gasteiger partial charge in [-0.1, -0.05) is 12.1 Å². The van der Waals surface area contributed by atoms with Crippen LogP contribution in [0.1, 0.15) is 35.6 Å². The van der Waals surface area contributed by atoms with Gasteiger partial charge in [0, 0.05) is 24.0 Å². The summed E-state index contributed by atoms with van der Waals surface area (Å²) < 4.78 is 7.20. The zero-order valence-electron chi connectivity index (χ0n) is 15.1. The molecule has 2 rings (SSSR count). The largest absolute Gasteiger partial charge is 0.449 e. The van der Waals surface area contributed by atoms with Crippen LogP contribution in [-0.2, 0) is 16.1 Å². The van der Waals surface area contributed by atoms with Crippen molar-refractivity contribution in [2.24, 2.45) is 0 Å². The fraction of sp³-hybridized carbons (Fsp3) is 0.333. The van der Waals surface area contributed by atoms with Gasteiger partial charge in [-0.3, -0.25) is 14.9 Å². The van der Waals surface area contributed by atoms with E-state index in [-0.39, 0.29) is 11.4 Å². The molecule has 0 aliphatic heterocycles. The zero-order valence-corrected chi connectivity index (χ0v) is 15.1. The predicted octanol–water partition coefficient (Wildman–Crippen LogP) is 3.22. The molecular weight excluding hydrogens is 338 g/mol. The smallest absolute Gasteiger partial charge is 0.340 e. The minimum absolute atomic E-state index is 0.0505. The molecule has 138 valence electrons. The molecule has 0 saturated heterocycles. The summed E-state index contributed by atoms with van der Waals surface area (Å²) in [5.74, 6) is -1.25. The van der Waals surface area contributed by atoms with E-state index < -0.39 is 22.9 Å². The number of esters is 1. The number of nitrogens with zero attached hydrogens (tertiary/aromatic N) is 2. The molecule has 8 heteroatoms. The molecule has 0 saturated carbocycles. The fourth-order valence-corrected chi connectivity index (χ4v) is 2.74. The second-order valence-corrected chi connectivity index (χ2v) is 5.84. The maximum atomic E-state index is 12.4. The van der Waals surface area contributed by atoms with Gasteiger partial charge in [-0.25, -0.2) is 4.79 Å². The summed E-state index contributed by atoms with van der Waals surface area (Å²) >= 11 is 0. The van der Waals surface area contributed by atoms with Crippen LogP contribution in [0.15, 0.2) is 30.3 Å². The Balaban J connectivity index is 2.10. The van der Waals surface area contributed by atoms with Gasteiger partial charge < -0.3 is 14.6 Å². The van der Waals surface area contributed by atoms with Crippen LogP contribution in [0.4, 0.5) is 11.4 Å². The molecule has 1 heterocycles. The molecule has 0 bridgehead atoms. The van der Waals surface area contributed by atoms with Gasteiger partial charge in [0.25, 0.3) is 11.6 Å². The molecule has 1 atom stereocenters. The van der Waals surface area contributed by atoms with E-state index in [0.717, 1.165) is 17.9 Å². The Morgan fingerprint density at radius 2 is 1.96 bits per heavy atom. The lowest BCUT2D eigenvalue weighted by molar-refractivity contribution is -0.383. The van der Waals surface area contributed by atoms with Crippen LogP contribution in [-0.4, -0.2) is 27.5 Å². The Bertz CT molecular complexity index is 857. The number of hydrogen-bond acceptors (Lipinski definition) is 5. The van der Waals surface area contributed by atoms with Gasteiger partial charge in [0.2, 0.25) is 0 Å². The average Bonchev–Trinajstić information content (AvgIpc) is 2.88. The summed E-state index contributed by atoms with van der Waals surface area (Å²) in [6.45, 7) is 7.81. The van der Waals surface area contributed by atoms with E-state index in [1.165, 1.54) is 25.1 Å². The monoisotopic (exact) mass is 359 g/mol. The molecule has 1 aromatic carbocycles. The highest BCUT2D eigenvalue weighted by atomic mass is 16.6. The highest BCUT2D eigenvalue weighted by Gasteiger charge is 2.24. The van der Waals surface area contributed by atoms with Crippen molar-refractivity contribution in [3.63, 3.8) is 0 Å². The third-order valence-corrected chi connectivity index (χ3v) is 4.12. The molecule has 2 aromatic rings. The number of para-hydroxylation sites is 2. The molecule has 0 aliphatic carbocycles. The van der Waals surface area contributed by atoms with Crippen LogP contribution in [0, 0.1) is 24.0 Å². The Kier molecular flexibility index (Phi) is 5.76. The first-order chi connectivity index (χ1) is 12.3. The first-order valence-electron chi connectivity index (χ1n) is 8.18. The summed E-state index contributed by atoms with van der Waals surface area (Å²) in [5.41, 5.74) is 1.91. The number of nitrogens with one attached hydrogen (secondary N) is 1. The zero-order chi connectivity index (χ0) is 19.4. The number of benzene rings is 1. The second kappa shape index (κ2) is 7.81. The van der Waals surface area contributed by atoms with Crippen LogP contribution in [0.2, 0.25) is 0 Å². The molecule has 1 aromatic heterocycles. The van der Waals surface area contributed by atoms with E-state index in [1.807, 2.05) is 25.3 Å². The number of carbonyl (C=O) groups excluding carboxylic acids is 2. The number of amides is 1. The van der Waals surface area contributed by atoms with E-state index in [4.69, 9.17) is 4.74 Å². The number of nitro benzene ring substituents is 1. The predicted molar refractivity (Wildman–Crippen MR) is 96.2 cm³/mol. The lowest BCUT2D eigenvalue weighted by Crippen LogP contribution is -2.30. The molecule has 0 spiro atoms. The Hall–Kier alpha value is -3.16. The minimum Gasteiger partial charge on any atom is -0.449 e. The molecule has 0 unspecified atom stereocenters. The molecule has 1 amide bonds. The van der Waals surface area contributed by atoms with E-state index in [0.29, 0.717) is 5.56 Å². The quantitative estimate of drug-likeness (QED) is 0.484. The highest BCUT2D eigenvalue weighted by molar-refractivity contribution is 5.99. The average molecular weight is 359 g/mol. The second-order valence-electron chi connectivity index (χ2n) is 5.84. The van der Waals surface area contributed by atoms with E-state index in [1.54, 1.807) is 12.1 Å². The van der Waals surface area contributed by atoms with Crippen molar-refractivity contribution in [1.29, 1.82) is 0 Å². The number of carbonyl (C=O) groups is 2. The topological polar surface area (TPSA) is 103 Å². The van der Waals surface area contributed by atoms with E-state index >= 15 is 0 Å². The number of anilines is 1. The Labute approximate surface area is 150 Å². The van der Waals surface area contributed by atoms with Gasteiger partial charge >= 0.3 is 5.97 Å². The van der Waals surface area contributed by atoms with Gasteiger partial charge in [0.15, 0.2) is 6.10 Å². The Morgan fingerprint density at radius 1 is 1.31 bits per heavy atom. The van der Waals surface area contributed by atoms with Crippen molar-refractivity contribution in [2.75, 3.05) is 5.32 Å². The summed E-state index contributed by atoms with van der Waals surface area (Å²) in [7, 11) is 0. The summed E-state index contributed by atoms with van der Waals surface area (Å²) in [6, 6.07) is 7.48. The van der Waals surface area contributed by atoms with Crippen molar-refractivity contribution in [3.05, 3.63) is 57.4 Å². The molecule has 26 heavy (non-hydrogen) atoms. The van der Waals surface area contributed by atoms with Crippen molar-refractivity contribution < 1.29 is 19.2 Å². The first-order valence-corrected chi connectivity index (χ1v) is 8.18. The van der Waals surface area contributed by atoms with E-state index in [2.05, 4.69) is 5.32 Å². The van der Waals surface area contributed by atoms with Crippen molar-refractivity contribution in [3.8, 4) is 0 Å². The van der Waals surface area contributed by atoms with Crippen LogP contribution in [0.3, 0.4) is 0 Å². The number of nitro groups is 1. The molecular formula is C18H21N3O5. The van der Waals surface area contributed by atoms with Crippen LogP contribution < -0.4 is 5.32 Å². The normalized spacial score (nSPS) is 11.7. The van der Waals surface area contributed by atoms with Gasteiger partial charge in [-0.05, 0) is 39.8 Å². The van der Waals surface area contributed by atoms with Gasteiger partial charge in [-0.2, -0.15) is 0 Å². The Morgan fingerprint density at radius 3 is 2.54 bits per heavy atom. The molecule has 0 aliphatic rings. The molecule has 0 fully saturated rings. The third-order valence-electron chi connectivity index (χ3n) is 4.12. The number of aromatic nitrogens is 1. The fourth-order valence-electron chi connectivity index (χ4n) is 2.74. The van der Waals surface area contributed by atoms with Crippen molar-refractivity contribution >= 4 is 23.3 Å². The maximum Gasteiger partial charge on any atom is 0.340 e. The number of ether oxygens (including phenoxy) is 1. The van der Waals surface area contributed by atoms with Crippen molar-refractivity contribution in [2.45, 2.75) is 40.3 Å². The summed E-state index contributed by atoms with van der Waals surface area (Å²) in [5, 5.41) is 13.4. The van der Waals surface area contributed by atoms with Gasteiger partial charge in [0.1, 0.15) is 5.69 Å².